The van der Waals surface area contributed by atoms with Crippen LogP contribution in [0.4, 0.5) is 21.8 Å². The van der Waals surface area contributed by atoms with E-state index in [-0.39, 0.29) is 17.6 Å². The van der Waals surface area contributed by atoms with Crippen molar-refractivity contribution in [1.82, 2.24) is 9.97 Å². The van der Waals surface area contributed by atoms with Crippen molar-refractivity contribution in [1.29, 1.82) is 0 Å². The third-order valence-corrected chi connectivity index (χ3v) is 4.96. The van der Waals surface area contributed by atoms with E-state index in [1.54, 1.807) is 19.3 Å². The Bertz CT molecular complexity index is 1030. The van der Waals surface area contributed by atoms with E-state index in [4.69, 9.17) is 9.47 Å². The minimum Gasteiger partial charge on any atom is -0.494 e. The predicted octanol–water partition coefficient (Wildman–Crippen LogP) is 4.52. The monoisotopic (exact) mass is 440 g/mol. The fraction of sp³-hybridized carbons (Fsp3) is 0.458. The summed E-state index contributed by atoms with van der Waals surface area (Å²) in [6, 6.07) is 4.53. The largest absolute Gasteiger partial charge is 0.494 e. The molecular weight excluding hydrogens is 411 g/mol. The Labute approximate surface area is 188 Å². The van der Waals surface area contributed by atoms with Crippen molar-refractivity contribution < 1.29 is 18.7 Å². The highest BCUT2D eigenvalue weighted by Gasteiger charge is 2.31. The molecule has 3 rings (SSSR count). The van der Waals surface area contributed by atoms with Crippen molar-refractivity contribution in [3.8, 4) is 17.6 Å². The van der Waals surface area contributed by atoms with Gasteiger partial charge >= 0.3 is 5.97 Å². The Balaban J connectivity index is 1.58. The van der Waals surface area contributed by atoms with Crippen LogP contribution in [0.15, 0.2) is 24.4 Å². The van der Waals surface area contributed by atoms with Crippen LogP contribution in [0.3, 0.4) is 0 Å². The molecule has 2 N–H and O–H groups in total. The first-order chi connectivity index (χ1) is 15.2. The van der Waals surface area contributed by atoms with Crippen molar-refractivity contribution in [2.45, 2.75) is 45.6 Å². The van der Waals surface area contributed by atoms with Crippen molar-refractivity contribution in [2.24, 2.45) is 11.8 Å². The lowest BCUT2D eigenvalue weighted by Crippen LogP contribution is -2.29. The van der Waals surface area contributed by atoms with Gasteiger partial charge < -0.3 is 20.1 Å². The zero-order valence-electron chi connectivity index (χ0n) is 19.1. The second kappa shape index (κ2) is 9.86. The molecule has 2 aromatic rings. The Morgan fingerprint density at radius 3 is 2.69 bits per heavy atom. The van der Waals surface area contributed by atoms with E-state index in [9.17, 15) is 9.18 Å². The van der Waals surface area contributed by atoms with Crippen molar-refractivity contribution in [3.63, 3.8) is 0 Å². The number of methoxy groups -OCH3 is 1. The second-order valence-electron chi connectivity index (χ2n) is 8.77. The molecule has 0 bridgehead atoms. The smallest absolute Gasteiger partial charge is 0.306 e. The maximum absolute atomic E-state index is 13.9. The average Bonchev–Trinajstić information content (AvgIpc) is 2.69. The molecule has 170 valence electrons. The topological polar surface area (TPSA) is 85.4 Å². The van der Waals surface area contributed by atoms with Gasteiger partial charge in [-0.3, -0.25) is 4.79 Å². The van der Waals surface area contributed by atoms with Gasteiger partial charge in [0.05, 0.1) is 18.9 Å². The van der Waals surface area contributed by atoms with Crippen LogP contribution in [0.25, 0.3) is 0 Å². The molecule has 1 aliphatic carbocycles. The molecule has 0 aliphatic heterocycles. The summed E-state index contributed by atoms with van der Waals surface area (Å²) in [5, 5.41) is 5.99. The first-order valence-corrected chi connectivity index (χ1v) is 10.6. The molecule has 8 heteroatoms. The zero-order chi connectivity index (χ0) is 23.3. The lowest BCUT2D eigenvalue weighted by molar-refractivity contribution is -0.156. The number of esters is 1. The average molecular weight is 441 g/mol. The van der Waals surface area contributed by atoms with Crippen molar-refractivity contribution in [2.75, 3.05) is 24.8 Å². The first kappa shape index (κ1) is 23.3. The van der Waals surface area contributed by atoms with Crippen LogP contribution in [-0.4, -0.2) is 35.7 Å². The standard InChI is InChI=1S/C24H29FN4O3/c1-24(2,3)32-21(30)12-16-10-15(11-16)6-7-17-14-27-23(29-22(17)26-4)28-18-8-9-20(31-5)19(25)13-18/h8-9,13-16H,10-12H2,1-5H3,(H2,26,27,28,29). The minimum atomic E-state index is -0.473. The predicted molar refractivity (Wildman–Crippen MR) is 121 cm³/mol. The lowest BCUT2D eigenvalue weighted by Gasteiger charge is -2.32. The molecule has 0 amide bonds. The molecule has 1 aromatic heterocycles. The SMILES string of the molecule is CNc1nc(Nc2ccc(OC)c(F)c2)ncc1C#CC1CC(CC(=O)OC(C)(C)C)C1. The molecule has 32 heavy (non-hydrogen) atoms. The highest BCUT2D eigenvalue weighted by atomic mass is 19.1. The van der Waals surface area contributed by atoms with Crippen LogP contribution in [0, 0.1) is 29.5 Å². The zero-order valence-corrected chi connectivity index (χ0v) is 19.1. The summed E-state index contributed by atoms with van der Waals surface area (Å²) in [7, 11) is 3.17. The molecule has 0 unspecified atom stereocenters. The summed E-state index contributed by atoms with van der Waals surface area (Å²) in [6.07, 6.45) is 3.83. The fourth-order valence-electron chi connectivity index (χ4n) is 3.42. The number of ether oxygens (including phenoxy) is 2. The van der Waals surface area contributed by atoms with E-state index in [0.717, 1.165) is 12.8 Å². The fourth-order valence-corrected chi connectivity index (χ4v) is 3.42. The van der Waals surface area contributed by atoms with Crippen LogP contribution in [0.5, 0.6) is 5.75 Å². The molecule has 1 aromatic carbocycles. The summed E-state index contributed by atoms with van der Waals surface area (Å²) in [5.74, 6) is 7.39. The summed E-state index contributed by atoms with van der Waals surface area (Å²) in [6.45, 7) is 5.62. The van der Waals surface area contributed by atoms with Gasteiger partial charge in [0, 0.05) is 31.1 Å². The third-order valence-electron chi connectivity index (χ3n) is 4.96. The molecule has 1 heterocycles. The number of anilines is 3. The summed E-state index contributed by atoms with van der Waals surface area (Å²) < 4.78 is 24.2. The Morgan fingerprint density at radius 1 is 1.31 bits per heavy atom. The van der Waals surface area contributed by atoms with Gasteiger partial charge in [0.1, 0.15) is 11.4 Å². The van der Waals surface area contributed by atoms with Gasteiger partial charge in [0.2, 0.25) is 5.95 Å². The van der Waals surface area contributed by atoms with Gasteiger partial charge in [0.25, 0.3) is 0 Å². The maximum Gasteiger partial charge on any atom is 0.306 e. The molecule has 1 fully saturated rings. The number of carbonyl (C=O) groups is 1. The van der Waals surface area contributed by atoms with Crippen LogP contribution in [0.2, 0.25) is 0 Å². The Hall–Kier alpha value is -3.34. The van der Waals surface area contributed by atoms with E-state index < -0.39 is 11.4 Å². The molecule has 1 aliphatic rings. The van der Waals surface area contributed by atoms with Crippen molar-refractivity contribution in [3.05, 3.63) is 35.8 Å². The normalized spacial score (nSPS) is 17.4. The van der Waals surface area contributed by atoms with E-state index >= 15 is 0 Å². The Morgan fingerprint density at radius 2 is 2.06 bits per heavy atom. The summed E-state index contributed by atoms with van der Waals surface area (Å²) >= 11 is 0. The highest BCUT2D eigenvalue weighted by Crippen LogP contribution is 2.36. The summed E-state index contributed by atoms with van der Waals surface area (Å²) in [4.78, 5) is 20.6. The van der Waals surface area contributed by atoms with Crippen LogP contribution in [-0.2, 0) is 9.53 Å². The number of carbonyl (C=O) groups excluding carboxylic acids is 1. The van der Waals surface area contributed by atoms with Crippen LogP contribution < -0.4 is 15.4 Å². The molecule has 0 atom stereocenters. The highest BCUT2D eigenvalue weighted by molar-refractivity contribution is 5.70. The number of hydrogen-bond donors (Lipinski definition) is 2. The maximum atomic E-state index is 13.9. The minimum absolute atomic E-state index is 0.153. The van der Waals surface area contributed by atoms with Gasteiger partial charge in [-0.15, -0.1) is 0 Å². The van der Waals surface area contributed by atoms with E-state index in [2.05, 4.69) is 32.4 Å². The number of nitrogens with one attached hydrogen (secondary N) is 2. The van der Waals surface area contributed by atoms with Gasteiger partial charge in [-0.25, -0.2) is 9.37 Å². The number of hydrogen-bond acceptors (Lipinski definition) is 7. The van der Waals surface area contributed by atoms with Gasteiger partial charge in [0.15, 0.2) is 11.6 Å². The van der Waals surface area contributed by atoms with Crippen LogP contribution in [0.1, 0.15) is 45.6 Å². The van der Waals surface area contributed by atoms with Crippen molar-refractivity contribution >= 4 is 23.4 Å². The van der Waals surface area contributed by atoms with E-state index in [1.165, 1.54) is 19.2 Å². The summed E-state index contributed by atoms with van der Waals surface area (Å²) in [5.41, 5.74) is 0.732. The number of aromatic nitrogens is 2. The molecule has 1 saturated carbocycles. The number of benzene rings is 1. The van der Waals surface area contributed by atoms with Gasteiger partial charge in [-0.1, -0.05) is 11.8 Å². The second-order valence-corrected chi connectivity index (χ2v) is 8.77. The molecule has 0 radical (unpaired) electrons. The van der Waals surface area contributed by atoms with Gasteiger partial charge in [-0.2, -0.15) is 4.98 Å². The molecule has 0 saturated heterocycles. The third kappa shape index (κ3) is 6.33. The first-order valence-electron chi connectivity index (χ1n) is 10.6. The van der Waals surface area contributed by atoms with E-state index in [0.29, 0.717) is 35.4 Å². The van der Waals surface area contributed by atoms with E-state index in [1.807, 2.05) is 20.8 Å². The Kier molecular flexibility index (Phi) is 7.18. The molecule has 0 spiro atoms. The molecule has 7 nitrogen and oxygen atoms in total. The lowest BCUT2D eigenvalue weighted by atomic mass is 9.73. The van der Waals surface area contributed by atoms with Crippen LogP contribution >= 0.6 is 0 Å². The van der Waals surface area contributed by atoms with Gasteiger partial charge in [-0.05, 0) is 51.7 Å². The molecular formula is C24H29FN4O3. The number of halogens is 1. The number of nitrogens with zero attached hydrogens (tertiary/aromatic N) is 2. The number of rotatable bonds is 6. The quantitative estimate of drug-likeness (QED) is 0.505.